The first-order valence-corrected chi connectivity index (χ1v) is 5.14. The predicted molar refractivity (Wildman–Crippen MR) is 56.0 cm³/mol. The summed E-state index contributed by atoms with van der Waals surface area (Å²) in [6, 6.07) is 7.64. The lowest BCUT2D eigenvalue weighted by Gasteiger charge is -2.01. The number of rotatable bonds is 4. The lowest BCUT2D eigenvalue weighted by Crippen LogP contribution is -2.10. The van der Waals surface area contributed by atoms with Gasteiger partial charge in [-0.15, -0.1) is 0 Å². The molecule has 0 aromatic heterocycles. The van der Waals surface area contributed by atoms with E-state index in [-0.39, 0.29) is 5.91 Å². The first-order chi connectivity index (χ1) is 6.75. The van der Waals surface area contributed by atoms with Crippen LogP contribution < -0.4 is 5.73 Å². The molecule has 0 unspecified atom stereocenters. The minimum Gasteiger partial charge on any atom is -0.366 e. The summed E-state index contributed by atoms with van der Waals surface area (Å²) < 4.78 is 0. The number of primary amides is 1. The molecule has 0 heterocycles. The molecule has 1 fully saturated rings. The Morgan fingerprint density at radius 1 is 1.43 bits per heavy atom. The maximum Gasteiger partial charge on any atom is 0.248 e. The van der Waals surface area contributed by atoms with E-state index in [1.165, 1.54) is 24.8 Å². The van der Waals surface area contributed by atoms with Crippen molar-refractivity contribution in [3.8, 4) is 0 Å². The van der Waals surface area contributed by atoms with E-state index in [0.29, 0.717) is 5.56 Å². The van der Waals surface area contributed by atoms with Crippen LogP contribution in [0.4, 0.5) is 0 Å². The summed E-state index contributed by atoms with van der Waals surface area (Å²) >= 11 is 0. The molecule has 2 heteroatoms. The van der Waals surface area contributed by atoms with E-state index < -0.39 is 0 Å². The summed E-state index contributed by atoms with van der Waals surface area (Å²) in [5.74, 6) is 0.602. The smallest absolute Gasteiger partial charge is 0.248 e. The van der Waals surface area contributed by atoms with Crippen LogP contribution in [0.2, 0.25) is 0 Å². The van der Waals surface area contributed by atoms with Crippen LogP contribution in [0.5, 0.6) is 0 Å². The van der Waals surface area contributed by atoms with Crippen LogP contribution in [0.15, 0.2) is 24.3 Å². The number of nitrogens with two attached hydrogens (primary N) is 1. The molecule has 2 nitrogen and oxygen atoms in total. The van der Waals surface area contributed by atoms with Crippen LogP contribution in [0.3, 0.4) is 0 Å². The van der Waals surface area contributed by atoms with Crippen molar-refractivity contribution >= 4 is 5.91 Å². The van der Waals surface area contributed by atoms with Gasteiger partial charge in [0.25, 0.3) is 0 Å². The zero-order valence-corrected chi connectivity index (χ0v) is 8.20. The average molecular weight is 189 g/mol. The van der Waals surface area contributed by atoms with E-state index in [1.807, 2.05) is 12.1 Å². The number of hydrogen-bond acceptors (Lipinski definition) is 1. The van der Waals surface area contributed by atoms with Crippen molar-refractivity contribution < 1.29 is 4.79 Å². The number of aryl methyl sites for hydroxylation is 1. The Kier molecular flexibility index (Phi) is 2.53. The molecule has 0 saturated heterocycles. The average Bonchev–Trinajstić information content (AvgIpc) is 2.99. The molecule has 1 amide bonds. The van der Waals surface area contributed by atoms with Crippen LogP contribution in [0.25, 0.3) is 0 Å². The monoisotopic (exact) mass is 189 g/mol. The standard InChI is InChI=1S/C12H15NO/c13-12(14)11-3-1-2-10(8-11)7-6-9-4-5-9/h1-3,8-9H,4-7H2,(H2,13,14). The second kappa shape index (κ2) is 3.82. The summed E-state index contributed by atoms with van der Waals surface area (Å²) in [7, 11) is 0. The summed E-state index contributed by atoms with van der Waals surface area (Å²) in [5.41, 5.74) is 7.07. The van der Waals surface area contributed by atoms with Crippen molar-refractivity contribution in [3.63, 3.8) is 0 Å². The molecule has 0 atom stereocenters. The number of carbonyl (C=O) groups is 1. The third-order valence-corrected chi connectivity index (χ3v) is 2.75. The molecule has 0 aliphatic heterocycles. The maximum atomic E-state index is 10.9. The molecular formula is C12H15NO. The van der Waals surface area contributed by atoms with Crippen LogP contribution >= 0.6 is 0 Å². The Morgan fingerprint density at radius 2 is 2.21 bits per heavy atom. The summed E-state index contributed by atoms with van der Waals surface area (Å²) in [4.78, 5) is 10.9. The molecule has 1 aromatic rings. The highest BCUT2D eigenvalue weighted by Gasteiger charge is 2.20. The Morgan fingerprint density at radius 3 is 2.86 bits per heavy atom. The van der Waals surface area contributed by atoms with Crippen molar-refractivity contribution in [2.45, 2.75) is 25.7 Å². The molecule has 74 valence electrons. The van der Waals surface area contributed by atoms with Gasteiger partial charge in [0.15, 0.2) is 0 Å². The van der Waals surface area contributed by atoms with Gasteiger partial charge >= 0.3 is 0 Å². The van der Waals surface area contributed by atoms with Gasteiger partial charge in [0.1, 0.15) is 0 Å². The minimum absolute atomic E-state index is 0.335. The number of benzene rings is 1. The fourth-order valence-corrected chi connectivity index (χ4v) is 1.66. The van der Waals surface area contributed by atoms with E-state index >= 15 is 0 Å². The molecule has 0 bridgehead atoms. The van der Waals surface area contributed by atoms with Gasteiger partial charge in [0.2, 0.25) is 5.91 Å². The first-order valence-electron chi connectivity index (χ1n) is 5.14. The lowest BCUT2D eigenvalue weighted by atomic mass is 10.0. The lowest BCUT2D eigenvalue weighted by molar-refractivity contribution is 0.1000. The van der Waals surface area contributed by atoms with E-state index in [0.717, 1.165) is 12.3 Å². The number of carbonyl (C=O) groups excluding carboxylic acids is 1. The Hall–Kier alpha value is -1.31. The molecule has 2 N–H and O–H groups in total. The SMILES string of the molecule is NC(=O)c1cccc(CCC2CC2)c1. The van der Waals surface area contributed by atoms with E-state index in [2.05, 4.69) is 6.07 Å². The molecule has 1 aromatic carbocycles. The molecule has 0 spiro atoms. The normalized spacial score (nSPS) is 15.4. The van der Waals surface area contributed by atoms with Crippen LogP contribution in [0.1, 0.15) is 35.2 Å². The number of hydrogen-bond donors (Lipinski definition) is 1. The molecule has 14 heavy (non-hydrogen) atoms. The van der Waals surface area contributed by atoms with Crippen molar-refractivity contribution in [3.05, 3.63) is 35.4 Å². The van der Waals surface area contributed by atoms with Gasteiger partial charge in [-0.3, -0.25) is 4.79 Å². The first kappa shape index (κ1) is 9.25. The van der Waals surface area contributed by atoms with Crippen molar-refractivity contribution in [1.29, 1.82) is 0 Å². The minimum atomic E-state index is -0.335. The zero-order chi connectivity index (χ0) is 9.97. The largest absolute Gasteiger partial charge is 0.366 e. The van der Waals surface area contributed by atoms with Crippen LogP contribution in [-0.4, -0.2) is 5.91 Å². The summed E-state index contributed by atoms with van der Waals surface area (Å²) in [6.07, 6.45) is 5.10. The Labute approximate surface area is 84.1 Å². The van der Waals surface area contributed by atoms with Gasteiger partial charge in [0, 0.05) is 5.56 Å². The van der Waals surface area contributed by atoms with Gasteiger partial charge < -0.3 is 5.73 Å². The predicted octanol–water partition coefficient (Wildman–Crippen LogP) is 2.13. The summed E-state index contributed by atoms with van der Waals surface area (Å²) in [5, 5.41) is 0. The second-order valence-electron chi connectivity index (χ2n) is 4.05. The Bertz CT molecular complexity index is 342. The molecule has 1 aliphatic rings. The second-order valence-corrected chi connectivity index (χ2v) is 4.05. The summed E-state index contributed by atoms with van der Waals surface area (Å²) in [6.45, 7) is 0. The quantitative estimate of drug-likeness (QED) is 0.774. The molecule has 0 radical (unpaired) electrons. The van der Waals surface area contributed by atoms with Crippen molar-refractivity contribution in [1.82, 2.24) is 0 Å². The fraction of sp³-hybridized carbons (Fsp3) is 0.417. The maximum absolute atomic E-state index is 10.9. The highest BCUT2D eigenvalue weighted by molar-refractivity contribution is 5.92. The van der Waals surface area contributed by atoms with Gasteiger partial charge in [-0.05, 0) is 36.5 Å². The van der Waals surface area contributed by atoms with Gasteiger partial charge in [-0.25, -0.2) is 0 Å². The highest BCUT2D eigenvalue weighted by Crippen LogP contribution is 2.33. The van der Waals surface area contributed by atoms with E-state index in [9.17, 15) is 4.79 Å². The van der Waals surface area contributed by atoms with Gasteiger partial charge in [0.05, 0.1) is 0 Å². The van der Waals surface area contributed by atoms with E-state index in [1.54, 1.807) is 6.07 Å². The van der Waals surface area contributed by atoms with Gasteiger partial charge in [-0.2, -0.15) is 0 Å². The van der Waals surface area contributed by atoms with Crippen LogP contribution in [0, 0.1) is 5.92 Å². The molecule has 2 rings (SSSR count). The topological polar surface area (TPSA) is 43.1 Å². The third-order valence-electron chi connectivity index (χ3n) is 2.75. The third kappa shape index (κ3) is 2.34. The molecule has 1 saturated carbocycles. The molecular weight excluding hydrogens is 174 g/mol. The number of amides is 1. The van der Waals surface area contributed by atoms with E-state index in [4.69, 9.17) is 5.73 Å². The molecule has 1 aliphatic carbocycles. The van der Waals surface area contributed by atoms with Crippen LogP contribution in [-0.2, 0) is 6.42 Å². The highest BCUT2D eigenvalue weighted by atomic mass is 16.1. The fourth-order valence-electron chi connectivity index (χ4n) is 1.66. The van der Waals surface area contributed by atoms with Gasteiger partial charge in [-0.1, -0.05) is 25.0 Å². The zero-order valence-electron chi connectivity index (χ0n) is 8.20. The van der Waals surface area contributed by atoms with Crippen molar-refractivity contribution in [2.24, 2.45) is 11.7 Å². The van der Waals surface area contributed by atoms with Crippen molar-refractivity contribution in [2.75, 3.05) is 0 Å². The Balaban J connectivity index is 2.01.